The summed E-state index contributed by atoms with van der Waals surface area (Å²) >= 11 is 0. The third-order valence-electron chi connectivity index (χ3n) is 4.01. The zero-order valence-electron chi connectivity index (χ0n) is 13.0. The molecule has 0 atom stereocenters. The van der Waals surface area contributed by atoms with Crippen LogP contribution in [-0.2, 0) is 0 Å². The highest BCUT2D eigenvalue weighted by Crippen LogP contribution is 2.32. The summed E-state index contributed by atoms with van der Waals surface area (Å²) in [6.45, 7) is 3.88. The number of benzene rings is 1. The van der Waals surface area contributed by atoms with E-state index in [9.17, 15) is 0 Å². The van der Waals surface area contributed by atoms with Crippen molar-refractivity contribution in [1.82, 2.24) is 14.9 Å². The molecular weight excluding hydrogens is 278 g/mol. The summed E-state index contributed by atoms with van der Waals surface area (Å²) < 4.78 is 5.27. The molecule has 1 aromatic carbocycles. The molecule has 2 N–H and O–H groups in total. The average Bonchev–Trinajstić information content (AvgIpc) is 2.56. The maximum atomic E-state index is 6.35. The third kappa shape index (κ3) is 2.82. The molecule has 0 amide bonds. The normalized spacial score (nSPS) is 15.8. The first-order chi connectivity index (χ1) is 10.7. The lowest BCUT2D eigenvalue weighted by molar-refractivity contribution is 0.312. The minimum Gasteiger partial charge on any atom is -0.497 e. The summed E-state index contributed by atoms with van der Waals surface area (Å²) in [5.41, 5.74) is 8.67. The second-order valence-corrected chi connectivity index (χ2v) is 5.48. The van der Waals surface area contributed by atoms with E-state index in [1.54, 1.807) is 13.4 Å². The molecule has 0 spiro atoms. The molecule has 6 heteroatoms. The van der Waals surface area contributed by atoms with Gasteiger partial charge in [0, 0.05) is 31.7 Å². The van der Waals surface area contributed by atoms with E-state index in [4.69, 9.17) is 10.5 Å². The summed E-state index contributed by atoms with van der Waals surface area (Å²) in [7, 11) is 3.78. The van der Waals surface area contributed by atoms with E-state index >= 15 is 0 Å². The van der Waals surface area contributed by atoms with Crippen LogP contribution in [-0.4, -0.2) is 55.2 Å². The Morgan fingerprint density at radius 2 is 1.91 bits per heavy atom. The largest absolute Gasteiger partial charge is 0.497 e. The molecule has 0 unspecified atom stereocenters. The number of nitrogens with zero attached hydrogens (tertiary/aromatic N) is 4. The molecule has 116 valence electrons. The van der Waals surface area contributed by atoms with E-state index in [2.05, 4.69) is 26.8 Å². The van der Waals surface area contributed by atoms with Crippen LogP contribution in [0.25, 0.3) is 11.3 Å². The molecule has 0 saturated carbocycles. The van der Waals surface area contributed by atoms with Crippen LogP contribution in [0.5, 0.6) is 5.75 Å². The second kappa shape index (κ2) is 6.19. The SMILES string of the molecule is COc1cccc(-c2ncnc(N3CCN(C)CC3)c2N)c1. The van der Waals surface area contributed by atoms with Gasteiger partial charge in [-0.3, -0.25) is 0 Å². The van der Waals surface area contributed by atoms with Gasteiger partial charge < -0.3 is 20.3 Å². The summed E-state index contributed by atoms with van der Waals surface area (Å²) in [4.78, 5) is 13.3. The minimum absolute atomic E-state index is 0.625. The van der Waals surface area contributed by atoms with Crippen LogP contribution in [0.1, 0.15) is 0 Å². The first kappa shape index (κ1) is 14.6. The Morgan fingerprint density at radius 3 is 2.64 bits per heavy atom. The van der Waals surface area contributed by atoms with Crippen LogP contribution < -0.4 is 15.4 Å². The number of hydrogen-bond acceptors (Lipinski definition) is 6. The van der Waals surface area contributed by atoms with Crippen molar-refractivity contribution in [2.45, 2.75) is 0 Å². The van der Waals surface area contributed by atoms with Crippen LogP contribution in [0.2, 0.25) is 0 Å². The van der Waals surface area contributed by atoms with Gasteiger partial charge in [-0.15, -0.1) is 0 Å². The van der Waals surface area contributed by atoms with E-state index in [1.165, 1.54) is 0 Å². The van der Waals surface area contributed by atoms with Crippen LogP contribution in [0.3, 0.4) is 0 Å². The van der Waals surface area contributed by atoms with E-state index in [0.717, 1.165) is 49.0 Å². The van der Waals surface area contributed by atoms with Crippen molar-refractivity contribution in [1.29, 1.82) is 0 Å². The number of hydrogen-bond donors (Lipinski definition) is 1. The van der Waals surface area contributed by atoms with Crippen molar-refractivity contribution >= 4 is 11.5 Å². The molecule has 1 aliphatic heterocycles. The number of rotatable bonds is 3. The predicted octanol–water partition coefficient (Wildman–Crippen LogP) is 1.49. The Hall–Kier alpha value is -2.34. The molecule has 1 aliphatic rings. The number of ether oxygens (including phenoxy) is 1. The van der Waals surface area contributed by atoms with Crippen LogP contribution in [0, 0.1) is 0 Å². The number of nitrogens with two attached hydrogens (primary N) is 1. The number of likely N-dealkylation sites (N-methyl/N-ethyl adjacent to an activating group) is 1. The number of piperazine rings is 1. The zero-order chi connectivity index (χ0) is 15.5. The van der Waals surface area contributed by atoms with Crippen LogP contribution >= 0.6 is 0 Å². The second-order valence-electron chi connectivity index (χ2n) is 5.48. The van der Waals surface area contributed by atoms with Gasteiger partial charge in [-0.25, -0.2) is 9.97 Å². The van der Waals surface area contributed by atoms with Gasteiger partial charge in [0.2, 0.25) is 0 Å². The summed E-state index contributed by atoms with van der Waals surface area (Å²) in [6.07, 6.45) is 1.58. The fourth-order valence-electron chi connectivity index (χ4n) is 2.66. The lowest BCUT2D eigenvalue weighted by Crippen LogP contribution is -2.45. The molecule has 1 aromatic heterocycles. The van der Waals surface area contributed by atoms with Gasteiger partial charge in [0.15, 0.2) is 5.82 Å². The number of aromatic nitrogens is 2. The smallest absolute Gasteiger partial charge is 0.155 e. The minimum atomic E-state index is 0.625. The average molecular weight is 299 g/mol. The van der Waals surface area contributed by atoms with Crippen LogP contribution in [0.4, 0.5) is 11.5 Å². The van der Waals surface area contributed by atoms with Crippen LogP contribution in [0.15, 0.2) is 30.6 Å². The van der Waals surface area contributed by atoms with Gasteiger partial charge in [-0.1, -0.05) is 12.1 Å². The Balaban J connectivity index is 1.94. The van der Waals surface area contributed by atoms with Crippen molar-refractivity contribution in [3.63, 3.8) is 0 Å². The van der Waals surface area contributed by atoms with Gasteiger partial charge in [0.05, 0.1) is 12.8 Å². The highest BCUT2D eigenvalue weighted by atomic mass is 16.5. The molecule has 6 nitrogen and oxygen atoms in total. The van der Waals surface area contributed by atoms with E-state index < -0.39 is 0 Å². The molecule has 1 saturated heterocycles. The third-order valence-corrected chi connectivity index (χ3v) is 4.01. The molecule has 1 fully saturated rings. The number of methoxy groups -OCH3 is 1. The van der Waals surface area contributed by atoms with Gasteiger partial charge >= 0.3 is 0 Å². The Morgan fingerprint density at radius 1 is 1.14 bits per heavy atom. The molecule has 0 radical (unpaired) electrons. The molecule has 3 rings (SSSR count). The summed E-state index contributed by atoms with van der Waals surface area (Å²) in [5, 5.41) is 0. The summed E-state index contributed by atoms with van der Waals surface area (Å²) in [5.74, 6) is 1.61. The Labute approximate surface area is 130 Å². The van der Waals surface area contributed by atoms with Gasteiger partial charge in [-0.05, 0) is 19.2 Å². The molecule has 2 aromatic rings. The first-order valence-corrected chi connectivity index (χ1v) is 7.37. The Bertz CT molecular complexity index is 653. The predicted molar refractivity (Wildman–Crippen MR) is 88.1 cm³/mol. The lowest BCUT2D eigenvalue weighted by Gasteiger charge is -2.33. The fraction of sp³-hybridized carbons (Fsp3) is 0.375. The Kier molecular flexibility index (Phi) is 4.11. The highest BCUT2D eigenvalue weighted by molar-refractivity contribution is 5.81. The van der Waals surface area contributed by atoms with Gasteiger partial charge in [-0.2, -0.15) is 0 Å². The molecule has 0 aliphatic carbocycles. The topological polar surface area (TPSA) is 67.5 Å². The quantitative estimate of drug-likeness (QED) is 0.926. The monoisotopic (exact) mass is 299 g/mol. The number of nitrogen functional groups attached to an aromatic ring is 1. The standard InChI is InChI=1S/C16H21N5O/c1-20-6-8-21(9-7-20)16-14(17)15(18-11-19-16)12-4-3-5-13(10-12)22-2/h3-5,10-11H,6-9,17H2,1-2H3. The first-order valence-electron chi connectivity index (χ1n) is 7.37. The maximum absolute atomic E-state index is 6.35. The van der Waals surface area contributed by atoms with Crippen molar-refractivity contribution in [2.24, 2.45) is 0 Å². The van der Waals surface area contributed by atoms with Crippen molar-refractivity contribution in [2.75, 3.05) is 51.0 Å². The highest BCUT2D eigenvalue weighted by Gasteiger charge is 2.20. The van der Waals surface area contributed by atoms with Gasteiger partial charge in [0.1, 0.15) is 17.8 Å². The molecule has 0 bridgehead atoms. The fourth-order valence-corrected chi connectivity index (χ4v) is 2.66. The van der Waals surface area contributed by atoms with Crippen molar-refractivity contribution in [3.8, 4) is 17.0 Å². The van der Waals surface area contributed by atoms with E-state index in [0.29, 0.717) is 5.69 Å². The molecular formula is C16H21N5O. The van der Waals surface area contributed by atoms with E-state index in [-0.39, 0.29) is 0 Å². The number of anilines is 2. The van der Waals surface area contributed by atoms with Gasteiger partial charge in [0.25, 0.3) is 0 Å². The van der Waals surface area contributed by atoms with Crippen molar-refractivity contribution < 1.29 is 4.74 Å². The summed E-state index contributed by atoms with van der Waals surface area (Å²) in [6, 6.07) is 7.76. The van der Waals surface area contributed by atoms with Crippen molar-refractivity contribution in [3.05, 3.63) is 30.6 Å². The van der Waals surface area contributed by atoms with E-state index in [1.807, 2.05) is 24.3 Å². The molecule has 2 heterocycles. The lowest BCUT2D eigenvalue weighted by atomic mass is 10.1. The maximum Gasteiger partial charge on any atom is 0.155 e. The zero-order valence-corrected chi connectivity index (χ0v) is 13.0. The molecule has 22 heavy (non-hydrogen) atoms.